The molecule has 14 rings (SSSR count). The van der Waals surface area contributed by atoms with Gasteiger partial charge in [0.2, 0.25) is 6.71 Å². The van der Waals surface area contributed by atoms with Crippen molar-refractivity contribution in [3.05, 3.63) is 129 Å². The molecular weight excluding hydrogens is 826 g/mol. The van der Waals surface area contributed by atoms with E-state index in [9.17, 15) is 0 Å². The Morgan fingerprint density at radius 2 is 1.71 bits per heavy atom. The van der Waals surface area contributed by atoms with Crippen molar-refractivity contribution < 1.29 is 0 Å². The van der Waals surface area contributed by atoms with Crippen LogP contribution in [0.25, 0.3) is 0 Å². The lowest BCUT2D eigenvalue weighted by Gasteiger charge is -2.61. The predicted octanol–water partition coefficient (Wildman–Crippen LogP) is 14.2. The highest BCUT2D eigenvalue weighted by Gasteiger charge is 2.72. The minimum atomic E-state index is 0.140. The van der Waals surface area contributed by atoms with E-state index in [2.05, 4.69) is 137 Å². The first-order valence-electron chi connectivity index (χ1n) is 27.3. The maximum Gasteiger partial charge on any atom is 0.201 e. The van der Waals surface area contributed by atoms with E-state index in [0.29, 0.717) is 58.6 Å². The average Bonchev–Trinajstić information content (AvgIpc) is 3.98. The van der Waals surface area contributed by atoms with Crippen LogP contribution < -0.4 is 0 Å². The summed E-state index contributed by atoms with van der Waals surface area (Å²) in [5.41, 5.74) is 12.6. The van der Waals surface area contributed by atoms with Crippen molar-refractivity contribution in [1.82, 2.24) is 14.7 Å². The maximum atomic E-state index is 3.35. The van der Waals surface area contributed by atoms with Gasteiger partial charge in [-0.1, -0.05) is 97.6 Å². The summed E-state index contributed by atoms with van der Waals surface area (Å²) in [6.07, 6.45) is 64.1. The highest BCUT2D eigenvalue weighted by molar-refractivity contribution is 8.05. The molecule has 3 nitrogen and oxygen atoms in total. The molecular formula is C59H74BN3S2. The molecule has 0 bridgehead atoms. The highest BCUT2D eigenvalue weighted by atomic mass is 32.2. The standard InChI is InChI=1S/C59H74BN3S2/c1-58(2)59(31-17-6-18-32-59)47-33-39(38-19-7-3-8-20-38)34-48-56(47)63(58)50-36-43(61(40-21-9-4-10-22-40)41-23-11-5-12-24-41)35-49-54(50)60(48)57-55(46-26-14-16-28-52(46)65-57)62(49)42-29-30-45-44-25-13-15-27-51(44)64-53(45)37-42/h9,11,13,15-16,19,21-23,25,27-28,34-35,41-42,44-45,47-48,50-51,53,55-57H,3-8,10,12,14,17-18,20,24,26,29-33,36-37H2,1-2H3. The second kappa shape index (κ2) is 16.0. The Balaban J connectivity index is 0.995. The van der Waals surface area contributed by atoms with Gasteiger partial charge in [-0.25, -0.2) is 0 Å². The largest absolute Gasteiger partial charge is 0.362 e. The lowest BCUT2D eigenvalue weighted by molar-refractivity contribution is -0.00236. The van der Waals surface area contributed by atoms with Crippen LogP contribution in [0, 0.1) is 23.2 Å². The van der Waals surface area contributed by atoms with Crippen LogP contribution in [0.15, 0.2) is 129 Å². The number of hydrogen-bond donors (Lipinski definition) is 0. The quantitative estimate of drug-likeness (QED) is 0.200. The van der Waals surface area contributed by atoms with E-state index in [-0.39, 0.29) is 5.54 Å². The van der Waals surface area contributed by atoms with Crippen LogP contribution in [-0.2, 0) is 0 Å². The summed E-state index contributed by atoms with van der Waals surface area (Å²) < 4.78 is 0. The summed E-state index contributed by atoms with van der Waals surface area (Å²) in [6.45, 7) is 6.20. The highest BCUT2D eigenvalue weighted by Crippen LogP contribution is 2.71. The number of allylic oxidation sites excluding steroid dienone is 13. The topological polar surface area (TPSA) is 9.72 Å². The first-order valence-corrected chi connectivity index (χ1v) is 29.1. The SMILES string of the molecule is CC1(C)N2C3CC(N(C4=CCCC=C4)C4C=CCCC4)=CC4=C3B(C3C=C(C5=CCCCC5)CC(C32)C12CCCCC2)C1SC2=C(CCC=C2)C1N4C1CCC2C(C1)SC1C=CC=CC12. The second-order valence-electron chi connectivity index (χ2n) is 23.7. The zero-order valence-electron chi connectivity index (χ0n) is 39.6. The zero-order valence-corrected chi connectivity index (χ0v) is 41.2. The van der Waals surface area contributed by atoms with Crippen LogP contribution in [0.5, 0.6) is 0 Å². The summed E-state index contributed by atoms with van der Waals surface area (Å²) in [5, 5.41) is 2.02. The Kier molecular flexibility index (Phi) is 10.2. The zero-order chi connectivity index (χ0) is 43.0. The van der Waals surface area contributed by atoms with Gasteiger partial charge in [-0.15, -0.1) is 23.5 Å². The third-order valence-corrected chi connectivity index (χ3v) is 23.9. The predicted molar refractivity (Wildman–Crippen MR) is 277 cm³/mol. The molecule has 5 fully saturated rings. The van der Waals surface area contributed by atoms with Crippen LogP contribution >= 0.6 is 23.5 Å². The molecule has 12 atom stereocenters. The van der Waals surface area contributed by atoms with Crippen LogP contribution in [0.2, 0.25) is 5.82 Å². The molecule has 14 aliphatic rings. The van der Waals surface area contributed by atoms with Gasteiger partial charge in [-0.2, -0.15) is 0 Å². The summed E-state index contributed by atoms with van der Waals surface area (Å²) in [6, 6.07) is 2.61. The summed E-state index contributed by atoms with van der Waals surface area (Å²) in [4.78, 5) is 11.2. The molecule has 6 heteroatoms. The Hall–Kier alpha value is -2.54. The fourth-order valence-electron chi connectivity index (χ4n) is 18.2. The summed E-state index contributed by atoms with van der Waals surface area (Å²) >= 11 is 4.73. The van der Waals surface area contributed by atoms with Gasteiger partial charge in [-0.05, 0) is 181 Å². The van der Waals surface area contributed by atoms with Crippen LogP contribution in [0.4, 0.5) is 0 Å². The molecule has 5 heterocycles. The first-order chi connectivity index (χ1) is 32.0. The van der Waals surface area contributed by atoms with Gasteiger partial charge in [0.15, 0.2) is 0 Å². The van der Waals surface area contributed by atoms with E-state index in [0.717, 1.165) is 35.8 Å². The van der Waals surface area contributed by atoms with Gasteiger partial charge in [-0.3, -0.25) is 4.90 Å². The minimum absolute atomic E-state index is 0.140. The van der Waals surface area contributed by atoms with Gasteiger partial charge in [0.1, 0.15) is 0 Å². The number of thioether (sulfide) groups is 2. The second-order valence-corrected chi connectivity index (χ2v) is 26.4. The van der Waals surface area contributed by atoms with Gasteiger partial charge in [0.05, 0.1) is 12.1 Å². The molecule has 65 heavy (non-hydrogen) atoms. The molecule has 0 N–H and O–H groups in total. The molecule has 2 saturated carbocycles. The molecule has 0 aromatic carbocycles. The Bertz CT molecular complexity index is 2340. The smallest absolute Gasteiger partial charge is 0.201 e. The van der Waals surface area contributed by atoms with E-state index in [1.165, 1.54) is 128 Å². The molecule has 12 unspecified atom stereocenters. The fourth-order valence-corrected chi connectivity index (χ4v) is 21.8. The van der Waals surface area contributed by atoms with E-state index < -0.39 is 0 Å². The average molecular weight is 900 g/mol. The van der Waals surface area contributed by atoms with Crippen molar-refractivity contribution in [3.63, 3.8) is 0 Å². The lowest BCUT2D eigenvalue weighted by atomic mass is 9.26. The van der Waals surface area contributed by atoms with E-state index in [1.807, 2.05) is 11.0 Å². The van der Waals surface area contributed by atoms with Crippen LogP contribution in [0.1, 0.15) is 149 Å². The molecule has 5 aliphatic heterocycles. The third kappa shape index (κ3) is 6.18. The molecule has 0 radical (unpaired) electrons. The Morgan fingerprint density at radius 1 is 0.800 bits per heavy atom. The van der Waals surface area contributed by atoms with E-state index in [4.69, 9.17) is 0 Å². The van der Waals surface area contributed by atoms with Crippen molar-refractivity contribution in [2.75, 3.05) is 0 Å². The van der Waals surface area contributed by atoms with E-state index in [1.54, 1.807) is 27.4 Å². The van der Waals surface area contributed by atoms with Crippen molar-refractivity contribution >= 4 is 30.2 Å². The summed E-state index contributed by atoms with van der Waals surface area (Å²) in [7, 11) is 0. The molecule has 0 aromatic rings. The number of nitrogens with zero attached hydrogens (tertiary/aromatic N) is 3. The molecule has 0 amide bonds. The Morgan fingerprint density at radius 3 is 2.55 bits per heavy atom. The monoisotopic (exact) mass is 900 g/mol. The third-order valence-electron chi connectivity index (χ3n) is 20.8. The van der Waals surface area contributed by atoms with Crippen LogP contribution in [-0.4, -0.2) is 72.8 Å². The van der Waals surface area contributed by atoms with Gasteiger partial charge < -0.3 is 9.80 Å². The molecule has 0 aromatic heterocycles. The lowest BCUT2D eigenvalue weighted by Crippen LogP contribution is -2.69. The number of rotatable bonds is 5. The van der Waals surface area contributed by atoms with Crippen molar-refractivity contribution in [2.45, 2.75) is 206 Å². The van der Waals surface area contributed by atoms with E-state index >= 15 is 0 Å². The minimum Gasteiger partial charge on any atom is -0.362 e. The maximum absolute atomic E-state index is 3.35. The van der Waals surface area contributed by atoms with Gasteiger partial charge >= 0.3 is 0 Å². The van der Waals surface area contributed by atoms with Crippen molar-refractivity contribution in [1.29, 1.82) is 0 Å². The molecule has 340 valence electrons. The number of hydrogen-bond acceptors (Lipinski definition) is 5. The van der Waals surface area contributed by atoms with Gasteiger partial charge in [0, 0.05) is 67.7 Å². The first kappa shape index (κ1) is 41.4. The molecule has 9 aliphatic carbocycles. The summed E-state index contributed by atoms with van der Waals surface area (Å²) in [5.74, 6) is 2.89. The molecule has 3 saturated heterocycles. The van der Waals surface area contributed by atoms with Crippen LogP contribution in [0.3, 0.4) is 0 Å². The van der Waals surface area contributed by atoms with Crippen molar-refractivity contribution in [3.8, 4) is 0 Å². The number of fused-ring (bicyclic) bond motifs is 9. The normalized spacial score (nSPS) is 41.6. The van der Waals surface area contributed by atoms with Gasteiger partial charge in [0.25, 0.3) is 0 Å². The fraction of sp³-hybridized carbons (Fsp3) is 0.627. The molecule has 1 spiro atoms. The van der Waals surface area contributed by atoms with Crippen molar-refractivity contribution in [2.24, 2.45) is 23.2 Å². The Labute approximate surface area is 401 Å².